The first-order chi connectivity index (χ1) is 7.41. The predicted octanol–water partition coefficient (Wildman–Crippen LogP) is 0.133. The second-order valence-electron chi connectivity index (χ2n) is 4.83. The van der Waals surface area contributed by atoms with Crippen molar-refractivity contribution in [3.05, 3.63) is 0 Å². The molecule has 0 radical (unpaired) electrons. The largest absolute Gasteiger partial charge is 0.376 e. The van der Waals surface area contributed by atoms with Crippen molar-refractivity contribution >= 4 is 11.7 Å². The smallest absolute Gasteiger partial charge is 0.251 e. The second-order valence-corrected chi connectivity index (χ2v) is 4.83. The number of hydrogen-bond acceptors (Lipinski definition) is 4. The van der Waals surface area contributed by atoms with Crippen molar-refractivity contribution in [3.63, 3.8) is 0 Å². The van der Waals surface area contributed by atoms with Crippen LogP contribution in [0.15, 0.2) is 0 Å². The number of amides is 1. The third kappa shape index (κ3) is 3.90. The molecule has 1 aliphatic heterocycles. The van der Waals surface area contributed by atoms with Gasteiger partial charge < -0.3 is 14.8 Å². The van der Waals surface area contributed by atoms with Crippen LogP contribution in [-0.2, 0) is 19.1 Å². The lowest BCUT2D eigenvalue weighted by molar-refractivity contribution is -0.148. The average molecular weight is 229 g/mol. The molecule has 16 heavy (non-hydrogen) atoms. The Morgan fingerprint density at radius 1 is 1.31 bits per heavy atom. The van der Waals surface area contributed by atoms with E-state index in [2.05, 4.69) is 5.32 Å². The van der Waals surface area contributed by atoms with Crippen LogP contribution in [0.4, 0.5) is 0 Å². The Kier molecular flexibility index (Phi) is 4.44. The summed E-state index contributed by atoms with van der Waals surface area (Å²) in [6, 6.07) is 0. The SMILES string of the molecule is CC(C)(C)C(=O)CNC(=O)C1COCCO1. The van der Waals surface area contributed by atoms with Crippen molar-refractivity contribution in [2.24, 2.45) is 5.41 Å². The first-order valence-electron chi connectivity index (χ1n) is 5.41. The molecular formula is C11H19NO4. The van der Waals surface area contributed by atoms with Gasteiger partial charge in [-0.1, -0.05) is 20.8 Å². The number of nitrogens with one attached hydrogen (secondary N) is 1. The first kappa shape index (κ1) is 13.1. The summed E-state index contributed by atoms with van der Waals surface area (Å²) >= 11 is 0. The third-order valence-corrected chi connectivity index (χ3v) is 2.37. The Hall–Kier alpha value is -0.940. The van der Waals surface area contributed by atoms with Crippen LogP contribution in [-0.4, -0.2) is 44.2 Å². The monoisotopic (exact) mass is 229 g/mol. The van der Waals surface area contributed by atoms with Crippen LogP contribution in [0.5, 0.6) is 0 Å². The van der Waals surface area contributed by atoms with Gasteiger partial charge in [-0.05, 0) is 0 Å². The number of ether oxygens (including phenoxy) is 2. The van der Waals surface area contributed by atoms with Gasteiger partial charge >= 0.3 is 0 Å². The summed E-state index contributed by atoms with van der Waals surface area (Å²) in [5.74, 6) is -0.283. The molecule has 1 N–H and O–H groups in total. The fourth-order valence-corrected chi connectivity index (χ4v) is 1.19. The highest BCUT2D eigenvalue weighted by Crippen LogP contribution is 2.13. The van der Waals surface area contributed by atoms with Gasteiger partial charge in [-0.25, -0.2) is 0 Å². The van der Waals surface area contributed by atoms with Crippen LogP contribution in [0.3, 0.4) is 0 Å². The Bertz CT molecular complexity index is 264. The van der Waals surface area contributed by atoms with Crippen LogP contribution in [0.25, 0.3) is 0 Å². The van der Waals surface area contributed by atoms with Crippen molar-refractivity contribution in [3.8, 4) is 0 Å². The van der Waals surface area contributed by atoms with E-state index in [1.165, 1.54) is 0 Å². The molecule has 0 saturated carbocycles. The molecule has 0 spiro atoms. The minimum atomic E-state index is -0.582. The number of ketones is 1. The highest BCUT2D eigenvalue weighted by Gasteiger charge is 2.25. The topological polar surface area (TPSA) is 64.6 Å². The van der Waals surface area contributed by atoms with E-state index in [1.807, 2.05) is 20.8 Å². The predicted molar refractivity (Wildman–Crippen MR) is 58.0 cm³/mol. The maximum atomic E-state index is 11.6. The van der Waals surface area contributed by atoms with Crippen LogP contribution in [0.1, 0.15) is 20.8 Å². The Balaban J connectivity index is 2.32. The van der Waals surface area contributed by atoms with Gasteiger partial charge in [-0.15, -0.1) is 0 Å². The fraction of sp³-hybridized carbons (Fsp3) is 0.818. The zero-order valence-corrected chi connectivity index (χ0v) is 10.0. The average Bonchev–Trinajstić information content (AvgIpc) is 2.25. The van der Waals surface area contributed by atoms with Crippen LogP contribution < -0.4 is 5.32 Å². The summed E-state index contributed by atoms with van der Waals surface area (Å²) in [5, 5.41) is 2.57. The van der Waals surface area contributed by atoms with Crippen molar-refractivity contribution in [1.82, 2.24) is 5.32 Å². The summed E-state index contributed by atoms with van der Waals surface area (Å²) < 4.78 is 10.3. The molecule has 1 rings (SSSR count). The van der Waals surface area contributed by atoms with Gasteiger partial charge in [-0.2, -0.15) is 0 Å². The van der Waals surface area contributed by atoms with E-state index >= 15 is 0 Å². The van der Waals surface area contributed by atoms with Crippen molar-refractivity contribution < 1.29 is 19.1 Å². The molecule has 92 valence electrons. The Morgan fingerprint density at radius 3 is 2.50 bits per heavy atom. The molecule has 0 aromatic heterocycles. The van der Waals surface area contributed by atoms with E-state index in [-0.39, 0.29) is 24.8 Å². The molecule has 1 atom stereocenters. The number of carbonyl (C=O) groups is 2. The molecule has 1 fully saturated rings. The minimum Gasteiger partial charge on any atom is -0.376 e. The van der Waals surface area contributed by atoms with E-state index in [0.717, 1.165) is 0 Å². The molecule has 1 aliphatic rings. The van der Waals surface area contributed by atoms with Gasteiger partial charge in [0, 0.05) is 5.41 Å². The van der Waals surface area contributed by atoms with Gasteiger partial charge in [0.15, 0.2) is 11.9 Å². The Labute approximate surface area is 95.5 Å². The number of carbonyl (C=O) groups excluding carboxylic acids is 2. The third-order valence-electron chi connectivity index (χ3n) is 2.37. The summed E-state index contributed by atoms with van der Waals surface area (Å²) in [4.78, 5) is 23.1. The maximum absolute atomic E-state index is 11.6. The van der Waals surface area contributed by atoms with E-state index < -0.39 is 11.5 Å². The van der Waals surface area contributed by atoms with Crippen LogP contribution in [0.2, 0.25) is 0 Å². The summed E-state index contributed by atoms with van der Waals surface area (Å²) in [5.41, 5.74) is -0.433. The van der Waals surface area contributed by atoms with Crippen LogP contribution in [0, 0.1) is 5.41 Å². The highest BCUT2D eigenvalue weighted by molar-refractivity contribution is 5.90. The van der Waals surface area contributed by atoms with E-state index in [0.29, 0.717) is 13.2 Å². The molecule has 5 heteroatoms. The molecule has 0 aromatic rings. The quantitative estimate of drug-likeness (QED) is 0.747. The second kappa shape index (κ2) is 5.41. The van der Waals surface area contributed by atoms with Crippen molar-refractivity contribution in [2.75, 3.05) is 26.4 Å². The summed E-state index contributed by atoms with van der Waals surface area (Å²) in [6.45, 7) is 6.71. The highest BCUT2D eigenvalue weighted by atomic mass is 16.6. The van der Waals surface area contributed by atoms with Gasteiger partial charge in [0.25, 0.3) is 5.91 Å². The van der Waals surface area contributed by atoms with E-state index in [1.54, 1.807) is 0 Å². The molecular weight excluding hydrogens is 210 g/mol. The first-order valence-corrected chi connectivity index (χ1v) is 5.41. The number of rotatable bonds is 3. The lowest BCUT2D eigenvalue weighted by Crippen LogP contribution is -2.45. The normalized spacial score (nSPS) is 21.6. The standard InChI is InChI=1S/C11H19NO4/c1-11(2,3)9(13)6-12-10(14)8-7-15-4-5-16-8/h8H,4-7H2,1-3H3,(H,12,14). The Morgan fingerprint density at radius 2 is 2.00 bits per heavy atom. The van der Waals surface area contributed by atoms with Crippen molar-refractivity contribution in [1.29, 1.82) is 0 Å². The molecule has 0 bridgehead atoms. The van der Waals surface area contributed by atoms with E-state index in [4.69, 9.17) is 9.47 Å². The maximum Gasteiger partial charge on any atom is 0.251 e. The summed E-state index contributed by atoms with van der Waals surface area (Å²) in [6.07, 6.45) is -0.582. The zero-order chi connectivity index (χ0) is 12.2. The van der Waals surface area contributed by atoms with Gasteiger partial charge in [0.1, 0.15) is 0 Å². The molecule has 5 nitrogen and oxygen atoms in total. The zero-order valence-electron chi connectivity index (χ0n) is 10.0. The van der Waals surface area contributed by atoms with E-state index in [9.17, 15) is 9.59 Å². The van der Waals surface area contributed by atoms with Gasteiger partial charge in [0.05, 0.1) is 26.4 Å². The molecule has 1 saturated heterocycles. The van der Waals surface area contributed by atoms with Crippen LogP contribution >= 0.6 is 0 Å². The molecule has 0 aliphatic carbocycles. The van der Waals surface area contributed by atoms with Gasteiger partial charge in [0.2, 0.25) is 0 Å². The minimum absolute atomic E-state index is 0.00224. The van der Waals surface area contributed by atoms with Crippen molar-refractivity contribution in [2.45, 2.75) is 26.9 Å². The molecule has 0 aromatic carbocycles. The van der Waals surface area contributed by atoms with Gasteiger partial charge in [-0.3, -0.25) is 9.59 Å². The fourth-order valence-electron chi connectivity index (χ4n) is 1.19. The number of Topliss-reactive ketones (excluding diaryl/α,β-unsaturated/α-hetero) is 1. The lowest BCUT2D eigenvalue weighted by Gasteiger charge is -2.23. The molecule has 1 amide bonds. The lowest BCUT2D eigenvalue weighted by atomic mass is 9.91. The molecule has 1 heterocycles. The molecule has 1 unspecified atom stereocenters. The summed E-state index contributed by atoms with van der Waals surface area (Å²) in [7, 11) is 0. The number of hydrogen-bond donors (Lipinski definition) is 1.